The molecule has 0 saturated carbocycles. The van der Waals surface area contributed by atoms with E-state index in [1.165, 1.54) is 12.1 Å². The Morgan fingerprint density at radius 1 is 1.29 bits per heavy atom. The predicted molar refractivity (Wildman–Crippen MR) is 60.0 cm³/mol. The van der Waals surface area contributed by atoms with E-state index in [2.05, 4.69) is 5.32 Å². The number of nitrogens with one attached hydrogen (secondary N) is 2. The van der Waals surface area contributed by atoms with Gasteiger partial charge in [0.2, 0.25) is 0 Å². The molecular weight excluding hydrogens is 225 g/mol. The lowest BCUT2D eigenvalue weighted by molar-refractivity contribution is -0.139. The summed E-state index contributed by atoms with van der Waals surface area (Å²) in [5.74, 6) is 2.82. The number of rotatable bonds is 3. The van der Waals surface area contributed by atoms with Crippen molar-refractivity contribution < 1.29 is 14.0 Å². The molecule has 5 nitrogen and oxygen atoms in total. The molecule has 0 aliphatic carbocycles. The molecule has 0 aliphatic heterocycles. The van der Waals surface area contributed by atoms with Crippen LogP contribution < -0.4 is 16.6 Å². The summed E-state index contributed by atoms with van der Waals surface area (Å²) < 4.78 is 12.6. The van der Waals surface area contributed by atoms with Crippen LogP contribution in [-0.4, -0.2) is 17.9 Å². The highest BCUT2D eigenvalue weighted by Gasteiger charge is 2.14. The summed E-state index contributed by atoms with van der Waals surface area (Å²) in [7, 11) is 0. The molecule has 4 N–H and O–H groups in total. The van der Waals surface area contributed by atoms with E-state index >= 15 is 0 Å². The van der Waals surface area contributed by atoms with Gasteiger partial charge in [0.25, 0.3) is 0 Å². The van der Waals surface area contributed by atoms with E-state index in [-0.39, 0.29) is 11.9 Å². The smallest absolute Gasteiger partial charge is 0.323 e. The number of hydrazine groups is 1. The van der Waals surface area contributed by atoms with Crippen LogP contribution in [0.2, 0.25) is 0 Å². The lowest BCUT2D eigenvalue weighted by Gasteiger charge is -2.13. The molecule has 92 valence electrons. The second-order valence-corrected chi connectivity index (χ2v) is 3.68. The van der Waals surface area contributed by atoms with Crippen LogP contribution in [0.3, 0.4) is 0 Å². The minimum atomic E-state index is -0.893. The fraction of sp³-hybridized carbons (Fsp3) is 0.273. The van der Waals surface area contributed by atoms with E-state index < -0.39 is 11.8 Å². The molecule has 1 rings (SSSR count). The zero-order valence-corrected chi connectivity index (χ0v) is 9.37. The van der Waals surface area contributed by atoms with Crippen LogP contribution in [0.5, 0.6) is 0 Å². The molecule has 0 radical (unpaired) electrons. The normalized spacial score (nSPS) is 11.7. The largest absolute Gasteiger partial charge is 0.345 e. The average Bonchev–Trinajstić information content (AvgIpc) is 2.30. The molecule has 0 spiro atoms. The molecule has 1 aromatic carbocycles. The fourth-order valence-corrected chi connectivity index (χ4v) is 1.38. The SMILES string of the molecule is CC(Cc1ccc(F)cc1)NC(=O)C(=O)NN. The number of nitrogens with two attached hydrogens (primary N) is 1. The van der Waals surface area contributed by atoms with Gasteiger partial charge in [-0.1, -0.05) is 12.1 Å². The summed E-state index contributed by atoms with van der Waals surface area (Å²) in [5, 5.41) is 2.47. The monoisotopic (exact) mass is 239 g/mol. The van der Waals surface area contributed by atoms with Crippen molar-refractivity contribution in [3.8, 4) is 0 Å². The van der Waals surface area contributed by atoms with Gasteiger partial charge in [-0.2, -0.15) is 0 Å². The lowest BCUT2D eigenvalue weighted by atomic mass is 10.1. The Kier molecular flexibility index (Phi) is 4.59. The van der Waals surface area contributed by atoms with Crippen LogP contribution in [0.1, 0.15) is 12.5 Å². The number of carbonyl (C=O) groups is 2. The van der Waals surface area contributed by atoms with Crippen LogP contribution >= 0.6 is 0 Å². The summed E-state index contributed by atoms with van der Waals surface area (Å²) >= 11 is 0. The number of benzene rings is 1. The quantitative estimate of drug-likeness (QED) is 0.297. The van der Waals surface area contributed by atoms with Crippen LogP contribution in [0, 0.1) is 5.82 Å². The molecule has 0 fully saturated rings. The van der Waals surface area contributed by atoms with E-state index in [1.54, 1.807) is 24.5 Å². The summed E-state index contributed by atoms with van der Waals surface area (Å²) in [6, 6.07) is 5.69. The Morgan fingerprint density at radius 2 is 1.88 bits per heavy atom. The maximum absolute atomic E-state index is 12.6. The number of carbonyl (C=O) groups excluding carboxylic acids is 2. The van der Waals surface area contributed by atoms with Crippen molar-refractivity contribution in [3.63, 3.8) is 0 Å². The van der Waals surface area contributed by atoms with Crippen molar-refractivity contribution in [1.29, 1.82) is 0 Å². The topological polar surface area (TPSA) is 84.2 Å². The third-order valence-electron chi connectivity index (χ3n) is 2.17. The van der Waals surface area contributed by atoms with Gasteiger partial charge in [0.15, 0.2) is 0 Å². The van der Waals surface area contributed by atoms with Crippen LogP contribution in [0.15, 0.2) is 24.3 Å². The first-order valence-electron chi connectivity index (χ1n) is 5.09. The van der Waals surface area contributed by atoms with Gasteiger partial charge in [-0.15, -0.1) is 0 Å². The van der Waals surface area contributed by atoms with E-state index in [0.29, 0.717) is 6.42 Å². The molecule has 1 atom stereocenters. The molecule has 0 saturated heterocycles. The van der Waals surface area contributed by atoms with Crippen LogP contribution in [0.25, 0.3) is 0 Å². The van der Waals surface area contributed by atoms with Crippen molar-refractivity contribution in [2.24, 2.45) is 5.84 Å². The number of halogens is 1. The van der Waals surface area contributed by atoms with Gasteiger partial charge in [0.05, 0.1) is 0 Å². The highest BCUT2D eigenvalue weighted by atomic mass is 19.1. The third-order valence-corrected chi connectivity index (χ3v) is 2.17. The van der Waals surface area contributed by atoms with Gasteiger partial charge in [-0.05, 0) is 31.0 Å². The highest BCUT2D eigenvalue weighted by Crippen LogP contribution is 2.05. The molecule has 6 heteroatoms. The second-order valence-electron chi connectivity index (χ2n) is 3.68. The van der Waals surface area contributed by atoms with Gasteiger partial charge in [-0.3, -0.25) is 15.0 Å². The number of hydrogen-bond acceptors (Lipinski definition) is 3. The van der Waals surface area contributed by atoms with Crippen LogP contribution in [0.4, 0.5) is 4.39 Å². The summed E-state index contributed by atoms with van der Waals surface area (Å²) in [6.07, 6.45) is 0.504. The Balaban J connectivity index is 2.49. The first-order valence-corrected chi connectivity index (χ1v) is 5.09. The van der Waals surface area contributed by atoms with E-state index in [1.807, 2.05) is 0 Å². The summed E-state index contributed by atoms with van der Waals surface area (Å²) in [6.45, 7) is 1.74. The van der Waals surface area contributed by atoms with Crippen molar-refractivity contribution >= 4 is 11.8 Å². The molecule has 0 heterocycles. The molecular formula is C11H14FN3O2. The van der Waals surface area contributed by atoms with Gasteiger partial charge >= 0.3 is 11.8 Å². The van der Waals surface area contributed by atoms with Crippen molar-refractivity contribution in [3.05, 3.63) is 35.6 Å². The van der Waals surface area contributed by atoms with Gasteiger partial charge in [-0.25, -0.2) is 10.2 Å². The lowest BCUT2D eigenvalue weighted by Crippen LogP contribution is -2.46. The molecule has 1 unspecified atom stereocenters. The first kappa shape index (κ1) is 13.1. The minimum Gasteiger partial charge on any atom is -0.345 e. The van der Waals surface area contributed by atoms with Crippen molar-refractivity contribution in [2.45, 2.75) is 19.4 Å². The maximum atomic E-state index is 12.6. The Labute approximate surface area is 98.2 Å². The number of hydrogen-bond donors (Lipinski definition) is 3. The average molecular weight is 239 g/mol. The maximum Gasteiger partial charge on any atom is 0.323 e. The standard InChI is InChI=1S/C11H14FN3O2/c1-7(14-10(16)11(17)15-13)6-8-2-4-9(12)5-3-8/h2-5,7H,6,13H2,1H3,(H,14,16)(H,15,17). The minimum absolute atomic E-state index is 0.245. The highest BCUT2D eigenvalue weighted by molar-refractivity contribution is 6.34. The molecule has 0 bridgehead atoms. The second kappa shape index (κ2) is 5.95. The number of amides is 2. The zero-order valence-electron chi connectivity index (χ0n) is 9.37. The van der Waals surface area contributed by atoms with Gasteiger partial charge in [0.1, 0.15) is 5.82 Å². The molecule has 2 amide bonds. The Hall–Kier alpha value is -1.95. The summed E-state index contributed by atoms with van der Waals surface area (Å²) in [5.41, 5.74) is 2.61. The Morgan fingerprint density at radius 3 is 2.41 bits per heavy atom. The van der Waals surface area contributed by atoms with Crippen molar-refractivity contribution in [2.75, 3.05) is 0 Å². The predicted octanol–water partition coefficient (Wildman–Crippen LogP) is -0.137. The fourth-order valence-electron chi connectivity index (χ4n) is 1.38. The van der Waals surface area contributed by atoms with Gasteiger partial charge in [0, 0.05) is 6.04 Å². The molecule has 17 heavy (non-hydrogen) atoms. The van der Waals surface area contributed by atoms with E-state index in [0.717, 1.165) is 5.56 Å². The third kappa shape index (κ3) is 4.20. The van der Waals surface area contributed by atoms with Crippen LogP contribution in [-0.2, 0) is 16.0 Å². The van der Waals surface area contributed by atoms with E-state index in [4.69, 9.17) is 5.84 Å². The van der Waals surface area contributed by atoms with Gasteiger partial charge < -0.3 is 5.32 Å². The van der Waals surface area contributed by atoms with Crippen molar-refractivity contribution in [1.82, 2.24) is 10.7 Å². The Bertz CT molecular complexity index is 406. The molecule has 0 aliphatic rings. The molecule has 0 aromatic heterocycles. The summed E-state index contributed by atoms with van der Waals surface area (Å²) in [4.78, 5) is 22.0. The first-order chi connectivity index (χ1) is 8.02. The molecule has 1 aromatic rings. The van der Waals surface area contributed by atoms with E-state index in [9.17, 15) is 14.0 Å². The zero-order chi connectivity index (χ0) is 12.8.